The predicted octanol–water partition coefficient (Wildman–Crippen LogP) is 1.83. The fraction of sp³-hybridized carbons (Fsp3) is 0.208. The Labute approximate surface area is 186 Å². The fourth-order valence-electron chi connectivity index (χ4n) is 3.10. The van der Waals surface area contributed by atoms with E-state index in [0.717, 1.165) is 22.4 Å². The van der Waals surface area contributed by atoms with E-state index in [-0.39, 0.29) is 0 Å². The molecule has 5 N–H and O–H groups in total. The quantitative estimate of drug-likeness (QED) is 0.279. The molecule has 1 atom stereocenters. The van der Waals surface area contributed by atoms with Gasteiger partial charge < -0.3 is 11.1 Å². The summed E-state index contributed by atoms with van der Waals surface area (Å²) in [7, 11) is 1.89. The summed E-state index contributed by atoms with van der Waals surface area (Å²) in [6.07, 6.45) is 1.76. The lowest BCUT2D eigenvalue weighted by Gasteiger charge is -2.29. The third-order valence-corrected chi connectivity index (χ3v) is 4.89. The number of carbonyl (C=O) groups is 2. The Bertz CT molecular complexity index is 1160. The lowest BCUT2D eigenvalue weighted by Crippen LogP contribution is -2.61. The Morgan fingerprint density at radius 2 is 1.59 bits per heavy atom. The molecule has 1 aromatic heterocycles. The van der Waals surface area contributed by atoms with E-state index < -0.39 is 23.4 Å². The van der Waals surface area contributed by atoms with E-state index in [0.29, 0.717) is 5.56 Å². The molecular formula is C24H25N5O3. The molecule has 2 amide bonds. The number of nitrogens with two attached hydrogens (primary N) is 1. The number of hydrogen-bond acceptors (Lipinski definition) is 5. The Kier molecular flexibility index (Phi) is 6.73. The van der Waals surface area contributed by atoms with Gasteiger partial charge in [-0.1, -0.05) is 24.0 Å². The molecule has 0 aliphatic rings. The second kappa shape index (κ2) is 9.47. The van der Waals surface area contributed by atoms with Crippen LogP contribution >= 0.6 is 0 Å². The van der Waals surface area contributed by atoms with Gasteiger partial charge in [-0.05, 0) is 61.9 Å². The normalized spacial score (nSPS) is 11.8. The molecule has 0 aliphatic heterocycles. The Hall–Kier alpha value is -3.93. The van der Waals surface area contributed by atoms with E-state index in [2.05, 4.69) is 22.3 Å². The van der Waals surface area contributed by atoms with Crippen molar-refractivity contribution < 1.29 is 14.8 Å². The third-order valence-electron chi connectivity index (χ3n) is 4.89. The van der Waals surface area contributed by atoms with Gasteiger partial charge >= 0.3 is 0 Å². The van der Waals surface area contributed by atoms with Crippen LogP contribution in [0.4, 0.5) is 0 Å². The molecule has 8 heteroatoms. The minimum atomic E-state index is -1.10. The van der Waals surface area contributed by atoms with Crippen molar-refractivity contribution in [2.75, 3.05) is 0 Å². The van der Waals surface area contributed by atoms with Crippen molar-refractivity contribution in [1.82, 2.24) is 20.6 Å². The summed E-state index contributed by atoms with van der Waals surface area (Å²) in [6.45, 7) is 3.16. The van der Waals surface area contributed by atoms with Crippen LogP contribution in [0.3, 0.4) is 0 Å². The number of aromatic nitrogens is 2. The number of aryl methyl sites for hydroxylation is 1. The summed E-state index contributed by atoms with van der Waals surface area (Å²) in [5, 5.41) is 15.6. The molecule has 0 fully saturated rings. The molecule has 3 rings (SSSR count). The van der Waals surface area contributed by atoms with E-state index >= 15 is 0 Å². The topological polar surface area (TPSA) is 122 Å². The maximum Gasteiger partial charge on any atom is 0.267 e. The van der Waals surface area contributed by atoms with Gasteiger partial charge in [-0.25, -0.2) is 5.48 Å². The summed E-state index contributed by atoms with van der Waals surface area (Å²) >= 11 is 0. The number of benzene rings is 2. The lowest BCUT2D eigenvalue weighted by molar-refractivity contribution is -0.132. The first-order valence-corrected chi connectivity index (χ1v) is 9.93. The molecule has 164 valence electrons. The monoisotopic (exact) mass is 431 g/mol. The molecule has 0 aliphatic carbocycles. The van der Waals surface area contributed by atoms with Crippen LogP contribution in [0.5, 0.6) is 0 Å². The maximum absolute atomic E-state index is 12.5. The number of rotatable bonds is 5. The van der Waals surface area contributed by atoms with E-state index in [9.17, 15) is 9.59 Å². The highest BCUT2D eigenvalue weighted by molar-refractivity contribution is 5.97. The average Bonchev–Trinajstić information content (AvgIpc) is 3.21. The van der Waals surface area contributed by atoms with Crippen molar-refractivity contribution in [1.29, 1.82) is 0 Å². The molecule has 0 radical (unpaired) electrons. The largest absolute Gasteiger partial charge is 0.338 e. The number of hydrogen-bond donors (Lipinski definition) is 4. The molecule has 0 saturated heterocycles. The van der Waals surface area contributed by atoms with Gasteiger partial charge in [0, 0.05) is 35.5 Å². The van der Waals surface area contributed by atoms with Gasteiger partial charge in [0.1, 0.15) is 6.04 Å². The van der Waals surface area contributed by atoms with Crippen LogP contribution in [-0.2, 0) is 11.8 Å². The van der Waals surface area contributed by atoms with Crippen LogP contribution in [0.15, 0.2) is 60.8 Å². The third kappa shape index (κ3) is 5.40. The van der Waals surface area contributed by atoms with Crippen molar-refractivity contribution in [2.24, 2.45) is 12.8 Å². The molecule has 0 bridgehead atoms. The second-order valence-corrected chi connectivity index (χ2v) is 7.95. The zero-order chi connectivity index (χ0) is 23.3. The minimum absolute atomic E-state index is 0.344. The molecule has 0 spiro atoms. The molecular weight excluding hydrogens is 406 g/mol. The first-order valence-electron chi connectivity index (χ1n) is 9.93. The summed E-state index contributed by atoms with van der Waals surface area (Å²) < 4.78 is 1.81. The molecule has 32 heavy (non-hydrogen) atoms. The van der Waals surface area contributed by atoms with Crippen LogP contribution in [0.1, 0.15) is 35.3 Å². The summed E-state index contributed by atoms with van der Waals surface area (Å²) in [4.78, 5) is 24.3. The van der Waals surface area contributed by atoms with Crippen molar-refractivity contribution in [3.63, 3.8) is 0 Å². The van der Waals surface area contributed by atoms with Gasteiger partial charge in [-0.2, -0.15) is 5.10 Å². The molecule has 8 nitrogen and oxygen atoms in total. The molecule has 2 aromatic carbocycles. The SMILES string of the molecule is Cn1nccc1-c1ccc(C#Cc2ccc(C(=O)NC(C(=O)NO)C(C)(C)N)cc2)cc1. The van der Waals surface area contributed by atoms with Crippen molar-refractivity contribution in [2.45, 2.75) is 25.4 Å². The van der Waals surface area contributed by atoms with Gasteiger partial charge in [0.25, 0.3) is 11.8 Å². The van der Waals surface area contributed by atoms with Gasteiger partial charge in [-0.3, -0.25) is 19.5 Å². The molecule has 0 saturated carbocycles. The van der Waals surface area contributed by atoms with Gasteiger partial charge in [0.05, 0.1) is 5.69 Å². The zero-order valence-corrected chi connectivity index (χ0v) is 18.1. The highest BCUT2D eigenvalue weighted by Crippen LogP contribution is 2.18. The van der Waals surface area contributed by atoms with Crippen molar-refractivity contribution >= 4 is 11.8 Å². The number of amides is 2. The highest BCUT2D eigenvalue weighted by atomic mass is 16.5. The number of nitrogens with one attached hydrogen (secondary N) is 2. The second-order valence-electron chi connectivity index (χ2n) is 7.95. The van der Waals surface area contributed by atoms with E-state index in [1.807, 2.05) is 42.1 Å². The van der Waals surface area contributed by atoms with Crippen LogP contribution < -0.4 is 16.5 Å². The zero-order valence-electron chi connectivity index (χ0n) is 18.1. The van der Waals surface area contributed by atoms with E-state index in [1.165, 1.54) is 5.48 Å². The lowest BCUT2D eigenvalue weighted by atomic mass is 9.95. The van der Waals surface area contributed by atoms with Crippen molar-refractivity contribution in [3.05, 3.63) is 77.5 Å². The molecule has 1 heterocycles. The van der Waals surface area contributed by atoms with Crippen LogP contribution in [0.2, 0.25) is 0 Å². The highest BCUT2D eigenvalue weighted by Gasteiger charge is 2.33. The van der Waals surface area contributed by atoms with E-state index in [4.69, 9.17) is 10.9 Å². The maximum atomic E-state index is 12.5. The van der Waals surface area contributed by atoms with Gasteiger partial charge in [0.2, 0.25) is 0 Å². The summed E-state index contributed by atoms with van der Waals surface area (Å²) in [5.74, 6) is 4.90. The number of nitrogens with zero attached hydrogens (tertiary/aromatic N) is 2. The number of carbonyl (C=O) groups excluding carboxylic acids is 2. The first kappa shape index (κ1) is 22.7. The Balaban J connectivity index is 1.69. The minimum Gasteiger partial charge on any atom is -0.338 e. The predicted molar refractivity (Wildman–Crippen MR) is 121 cm³/mol. The van der Waals surface area contributed by atoms with Crippen LogP contribution in [0, 0.1) is 11.8 Å². The van der Waals surface area contributed by atoms with Crippen LogP contribution in [0.25, 0.3) is 11.3 Å². The molecule has 1 unspecified atom stereocenters. The summed E-state index contributed by atoms with van der Waals surface area (Å²) in [6, 6.07) is 15.4. The summed E-state index contributed by atoms with van der Waals surface area (Å²) in [5.41, 5.74) is 10.4. The Morgan fingerprint density at radius 3 is 2.06 bits per heavy atom. The van der Waals surface area contributed by atoms with E-state index in [1.54, 1.807) is 44.3 Å². The fourth-order valence-corrected chi connectivity index (χ4v) is 3.10. The average molecular weight is 431 g/mol. The van der Waals surface area contributed by atoms with Gasteiger partial charge in [0.15, 0.2) is 0 Å². The van der Waals surface area contributed by atoms with Gasteiger partial charge in [-0.15, -0.1) is 0 Å². The number of hydroxylamine groups is 1. The molecule has 3 aromatic rings. The first-order chi connectivity index (χ1) is 15.2. The standard InChI is InChI=1S/C24H25N5O3/c1-24(2,25)21(23(31)28-32)27-22(30)19-12-8-17(9-13-19)5-4-16-6-10-18(11-7-16)20-14-15-26-29(20)3/h6-15,21,32H,25H2,1-3H3,(H,27,30)(H,28,31). The Morgan fingerprint density at radius 1 is 1.03 bits per heavy atom. The van der Waals surface area contributed by atoms with Crippen LogP contribution in [-0.4, -0.2) is 38.4 Å². The smallest absolute Gasteiger partial charge is 0.267 e. The van der Waals surface area contributed by atoms with Crippen molar-refractivity contribution in [3.8, 4) is 23.1 Å².